The predicted octanol–water partition coefficient (Wildman–Crippen LogP) is 8.03. The molecule has 0 saturated carbocycles. The van der Waals surface area contributed by atoms with E-state index < -0.39 is 5.60 Å². The van der Waals surface area contributed by atoms with Gasteiger partial charge in [0.25, 0.3) is 0 Å². The fourth-order valence-corrected chi connectivity index (χ4v) is 4.81. The lowest BCUT2D eigenvalue weighted by Crippen LogP contribution is -2.35. The number of nitrogens with zero attached hydrogens (tertiary/aromatic N) is 2. The summed E-state index contributed by atoms with van der Waals surface area (Å²) in [7, 11) is 1.86. The minimum absolute atomic E-state index is 0.0297. The fraction of sp³-hybridized carbons (Fsp3) is 0.375. The molecule has 1 saturated heterocycles. The van der Waals surface area contributed by atoms with E-state index in [-0.39, 0.29) is 18.0 Å². The number of carbonyl (C=O) groups is 1. The summed E-state index contributed by atoms with van der Waals surface area (Å²) in [6.07, 6.45) is 5.30. The highest BCUT2D eigenvalue weighted by atomic mass is 19.1. The second kappa shape index (κ2) is 12.0. The van der Waals surface area contributed by atoms with Crippen molar-refractivity contribution in [3.8, 4) is 22.6 Å². The number of carbonyl (C=O) groups excluding carboxylic acids is 1. The molecule has 0 aliphatic carbocycles. The van der Waals surface area contributed by atoms with Crippen molar-refractivity contribution in [1.82, 2.24) is 9.47 Å². The van der Waals surface area contributed by atoms with Crippen molar-refractivity contribution < 1.29 is 18.7 Å². The quantitative estimate of drug-likeness (QED) is 0.280. The molecule has 3 aromatic rings. The molecule has 8 heteroatoms. The minimum Gasteiger partial charge on any atom is -0.457 e. The van der Waals surface area contributed by atoms with Crippen molar-refractivity contribution in [1.29, 1.82) is 5.41 Å². The van der Waals surface area contributed by atoms with Crippen LogP contribution in [0.4, 0.5) is 15.0 Å². The monoisotopic (exact) mass is 546 g/mol. The lowest BCUT2D eigenvalue weighted by atomic mass is 9.99. The van der Waals surface area contributed by atoms with Gasteiger partial charge in [0.2, 0.25) is 0 Å². The van der Waals surface area contributed by atoms with Gasteiger partial charge in [-0.3, -0.25) is 0 Å². The maximum atomic E-state index is 13.6. The molecule has 1 aromatic heterocycles. The molecule has 212 valence electrons. The number of anilines is 1. The van der Waals surface area contributed by atoms with Crippen LogP contribution in [0.3, 0.4) is 0 Å². The fourth-order valence-electron chi connectivity index (χ4n) is 4.81. The zero-order valence-corrected chi connectivity index (χ0v) is 24.2. The van der Waals surface area contributed by atoms with Gasteiger partial charge in [0.05, 0.1) is 11.8 Å². The third kappa shape index (κ3) is 6.73. The van der Waals surface area contributed by atoms with E-state index in [0.717, 1.165) is 40.9 Å². The number of allylic oxidation sites excluding steroid dienone is 2. The lowest BCUT2D eigenvalue weighted by molar-refractivity contribution is 0.0289. The summed E-state index contributed by atoms with van der Waals surface area (Å²) in [5.41, 5.74) is 3.60. The Morgan fingerprint density at radius 1 is 1.18 bits per heavy atom. The molecule has 1 fully saturated rings. The van der Waals surface area contributed by atoms with E-state index in [2.05, 4.69) is 23.0 Å². The third-order valence-electron chi connectivity index (χ3n) is 6.89. The molecule has 4 rings (SSSR count). The molecule has 2 N–H and O–H groups in total. The van der Waals surface area contributed by atoms with Crippen LogP contribution >= 0.6 is 0 Å². The van der Waals surface area contributed by atoms with Crippen molar-refractivity contribution in [2.75, 3.05) is 25.5 Å². The smallest absolute Gasteiger partial charge is 0.410 e. The van der Waals surface area contributed by atoms with Crippen LogP contribution in [0.25, 0.3) is 11.1 Å². The average Bonchev–Trinajstić information content (AvgIpc) is 3.53. The highest BCUT2D eigenvalue weighted by Crippen LogP contribution is 2.38. The Morgan fingerprint density at radius 2 is 1.90 bits per heavy atom. The van der Waals surface area contributed by atoms with E-state index in [9.17, 15) is 9.18 Å². The first-order valence-electron chi connectivity index (χ1n) is 13.7. The number of amides is 1. The largest absolute Gasteiger partial charge is 0.457 e. The van der Waals surface area contributed by atoms with Gasteiger partial charge in [0.15, 0.2) is 0 Å². The van der Waals surface area contributed by atoms with E-state index in [1.807, 2.05) is 65.1 Å². The van der Waals surface area contributed by atoms with Crippen molar-refractivity contribution in [2.45, 2.75) is 59.1 Å². The number of hydrogen-bond acceptors (Lipinski definition) is 5. The third-order valence-corrected chi connectivity index (χ3v) is 6.89. The number of hydrogen-bond donors (Lipinski definition) is 2. The van der Waals surface area contributed by atoms with Gasteiger partial charge in [-0.2, -0.15) is 0 Å². The maximum Gasteiger partial charge on any atom is 0.410 e. The molecule has 2 aromatic carbocycles. The molecule has 40 heavy (non-hydrogen) atoms. The van der Waals surface area contributed by atoms with Crippen LogP contribution in [0.1, 0.15) is 59.1 Å². The van der Waals surface area contributed by atoms with Crippen LogP contribution in [-0.4, -0.2) is 47.0 Å². The van der Waals surface area contributed by atoms with Gasteiger partial charge in [0, 0.05) is 43.5 Å². The summed E-state index contributed by atoms with van der Waals surface area (Å²) in [5.74, 6) is 1.49. The van der Waals surface area contributed by atoms with Crippen LogP contribution in [0.5, 0.6) is 11.5 Å². The van der Waals surface area contributed by atoms with E-state index in [1.54, 1.807) is 17.0 Å². The van der Waals surface area contributed by atoms with Crippen LogP contribution < -0.4 is 10.1 Å². The Bertz CT molecular complexity index is 1400. The van der Waals surface area contributed by atoms with Gasteiger partial charge in [-0.15, -0.1) is 0 Å². The first-order chi connectivity index (χ1) is 19.0. The van der Waals surface area contributed by atoms with Gasteiger partial charge < -0.3 is 29.7 Å². The first-order valence-corrected chi connectivity index (χ1v) is 13.7. The van der Waals surface area contributed by atoms with Crippen LogP contribution in [0.15, 0.2) is 66.4 Å². The van der Waals surface area contributed by atoms with E-state index >= 15 is 0 Å². The molecular formula is C32H39FN4O3. The molecule has 1 unspecified atom stereocenters. The zero-order chi connectivity index (χ0) is 29.0. The van der Waals surface area contributed by atoms with E-state index in [0.29, 0.717) is 30.3 Å². The summed E-state index contributed by atoms with van der Waals surface area (Å²) in [5, 5.41) is 12.4. The number of nitrogens with one attached hydrogen (secondary N) is 2. The van der Waals surface area contributed by atoms with E-state index in [1.165, 1.54) is 12.1 Å². The minimum atomic E-state index is -0.553. The SMILES string of the molecule is CC/C(C)=C/C(=N)c1c(-c2ccc(Oc3cccc(F)c3)cc2)cn(C2CCN(C(=O)OC(C)(C)C)C2)c1NC. The number of likely N-dealkylation sites (tertiary alicyclic amines) is 1. The predicted molar refractivity (Wildman–Crippen MR) is 158 cm³/mol. The number of halogens is 1. The second-order valence-corrected chi connectivity index (χ2v) is 11.1. The standard InChI is InChI=1S/C32H39FN4O3/c1-7-21(2)17-28(34)29-27(22-11-13-25(14-12-22)39-26-10-8-9-23(33)18-26)20-37(30(29)35-6)24-15-16-36(19-24)31(38)40-32(3,4)5/h8-14,17-18,20,24,34-35H,7,15-16,19H2,1-6H3/b21-17+,34-28?. The molecule has 1 amide bonds. The molecule has 0 radical (unpaired) electrons. The molecule has 1 aliphatic heterocycles. The number of rotatable bonds is 8. The molecule has 7 nitrogen and oxygen atoms in total. The van der Waals surface area contributed by atoms with E-state index in [4.69, 9.17) is 14.9 Å². The lowest BCUT2D eigenvalue weighted by Gasteiger charge is -2.24. The van der Waals surface area contributed by atoms with Crippen LogP contribution in [0.2, 0.25) is 0 Å². The summed E-state index contributed by atoms with van der Waals surface area (Å²) in [4.78, 5) is 14.5. The van der Waals surface area contributed by atoms with Gasteiger partial charge in [-0.1, -0.05) is 30.7 Å². The maximum absolute atomic E-state index is 13.6. The van der Waals surface area contributed by atoms with Crippen molar-refractivity contribution in [3.63, 3.8) is 0 Å². The van der Waals surface area contributed by atoms with Crippen molar-refractivity contribution in [3.05, 3.63) is 77.8 Å². The molecule has 0 bridgehead atoms. The topological polar surface area (TPSA) is 79.6 Å². The summed E-state index contributed by atoms with van der Waals surface area (Å²) < 4.78 is 27.2. The summed E-state index contributed by atoms with van der Waals surface area (Å²) in [6.45, 7) is 10.8. The Kier molecular flexibility index (Phi) is 8.67. The molecular weight excluding hydrogens is 507 g/mol. The van der Waals surface area contributed by atoms with Crippen LogP contribution in [0, 0.1) is 11.2 Å². The van der Waals surface area contributed by atoms with Gasteiger partial charge in [-0.25, -0.2) is 9.18 Å². The van der Waals surface area contributed by atoms with Crippen molar-refractivity contribution in [2.24, 2.45) is 0 Å². The zero-order valence-electron chi connectivity index (χ0n) is 24.2. The molecule has 0 spiro atoms. The second-order valence-electron chi connectivity index (χ2n) is 11.1. The van der Waals surface area contributed by atoms with Gasteiger partial charge in [-0.05, 0) is 76.4 Å². The highest BCUT2D eigenvalue weighted by Gasteiger charge is 2.33. The number of ether oxygens (including phenoxy) is 2. The van der Waals surface area contributed by atoms with Crippen LogP contribution in [-0.2, 0) is 4.74 Å². The Morgan fingerprint density at radius 3 is 2.52 bits per heavy atom. The molecule has 2 heterocycles. The molecule has 1 atom stereocenters. The molecule has 1 aliphatic rings. The van der Waals surface area contributed by atoms with Gasteiger partial charge in [0.1, 0.15) is 28.7 Å². The Labute approximate surface area is 236 Å². The number of aromatic nitrogens is 1. The number of benzene rings is 2. The van der Waals surface area contributed by atoms with Crippen molar-refractivity contribution >= 4 is 17.6 Å². The summed E-state index contributed by atoms with van der Waals surface area (Å²) in [6, 6.07) is 13.7. The normalized spacial score (nSPS) is 15.7. The summed E-state index contributed by atoms with van der Waals surface area (Å²) >= 11 is 0. The Hall–Kier alpha value is -4.07. The van der Waals surface area contributed by atoms with Gasteiger partial charge >= 0.3 is 6.09 Å². The average molecular weight is 547 g/mol. The Balaban J connectivity index is 1.69. The first kappa shape index (κ1) is 28.9. The highest BCUT2D eigenvalue weighted by molar-refractivity contribution is 6.14.